The summed E-state index contributed by atoms with van der Waals surface area (Å²) < 4.78 is 2.13. The standard InChI is InChI=1S/C22H27ClN4O/c1-4-13-27-20(25-19-6-5-12-24-21(19)27)15-26(14-11-16(2)3)22(28)17-7-9-18(23)10-8-17/h5-10,12,16H,4,11,13-15H2,1-3H3. The number of amides is 1. The normalized spacial score (nSPS) is 11.3. The maximum atomic E-state index is 13.2. The number of benzene rings is 1. The molecule has 0 N–H and O–H groups in total. The molecule has 6 heteroatoms. The highest BCUT2D eigenvalue weighted by Crippen LogP contribution is 2.19. The number of aryl methyl sites for hydroxylation is 1. The van der Waals surface area contributed by atoms with E-state index in [1.807, 2.05) is 17.0 Å². The average molecular weight is 399 g/mol. The summed E-state index contributed by atoms with van der Waals surface area (Å²) in [5.74, 6) is 1.39. The molecular weight excluding hydrogens is 372 g/mol. The number of rotatable bonds is 8. The Morgan fingerprint density at radius 1 is 1.21 bits per heavy atom. The Bertz CT molecular complexity index is 933. The lowest BCUT2D eigenvalue weighted by Gasteiger charge is -2.24. The van der Waals surface area contributed by atoms with Gasteiger partial charge in [-0.1, -0.05) is 32.4 Å². The third-order valence-electron chi connectivity index (χ3n) is 4.72. The van der Waals surface area contributed by atoms with Crippen molar-refractivity contribution in [1.82, 2.24) is 19.4 Å². The van der Waals surface area contributed by atoms with Gasteiger partial charge >= 0.3 is 0 Å². The number of aromatic nitrogens is 3. The lowest BCUT2D eigenvalue weighted by molar-refractivity contribution is 0.0729. The predicted octanol–water partition coefficient (Wildman–Crippen LogP) is 5.18. The van der Waals surface area contributed by atoms with Crippen LogP contribution in [0.1, 0.15) is 49.8 Å². The second-order valence-electron chi connectivity index (χ2n) is 7.44. The maximum Gasteiger partial charge on any atom is 0.254 e. The number of carbonyl (C=O) groups is 1. The average Bonchev–Trinajstić information content (AvgIpc) is 3.03. The molecule has 1 aromatic carbocycles. The summed E-state index contributed by atoms with van der Waals surface area (Å²) in [6, 6.07) is 10.9. The second kappa shape index (κ2) is 9.20. The van der Waals surface area contributed by atoms with E-state index in [0.29, 0.717) is 29.6 Å². The lowest BCUT2D eigenvalue weighted by atomic mass is 10.1. The monoisotopic (exact) mass is 398 g/mol. The predicted molar refractivity (Wildman–Crippen MR) is 113 cm³/mol. The second-order valence-corrected chi connectivity index (χ2v) is 7.88. The minimum absolute atomic E-state index is 0.000352. The number of hydrogen-bond donors (Lipinski definition) is 0. The largest absolute Gasteiger partial charge is 0.331 e. The van der Waals surface area contributed by atoms with Crippen LogP contribution in [0.3, 0.4) is 0 Å². The molecule has 2 aromatic heterocycles. The summed E-state index contributed by atoms with van der Waals surface area (Å²) in [6.07, 6.45) is 3.70. The van der Waals surface area contributed by atoms with Gasteiger partial charge in [0.25, 0.3) is 5.91 Å². The number of carbonyl (C=O) groups excluding carboxylic acids is 1. The van der Waals surface area contributed by atoms with Gasteiger partial charge in [-0.2, -0.15) is 0 Å². The topological polar surface area (TPSA) is 51.0 Å². The first-order valence-electron chi connectivity index (χ1n) is 9.84. The van der Waals surface area contributed by atoms with Crippen LogP contribution in [0.15, 0.2) is 42.6 Å². The minimum Gasteiger partial charge on any atom is -0.331 e. The Balaban J connectivity index is 1.92. The fourth-order valence-electron chi connectivity index (χ4n) is 3.20. The fraction of sp³-hybridized carbons (Fsp3) is 0.409. The van der Waals surface area contributed by atoms with E-state index in [4.69, 9.17) is 16.6 Å². The molecule has 28 heavy (non-hydrogen) atoms. The van der Waals surface area contributed by atoms with Gasteiger partial charge in [0.15, 0.2) is 5.65 Å². The van der Waals surface area contributed by atoms with Gasteiger partial charge in [0.05, 0.1) is 6.54 Å². The van der Waals surface area contributed by atoms with Crippen molar-refractivity contribution in [3.63, 3.8) is 0 Å². The van der Waals surface area contributed by atoms with E-state index in [0.717, 1.165) is 36.4 Å². The van der Waals surface area contributed by atoms with Gasteiger partial charge in [0.1, 0.15) is 11.3 Å². The van der Waals surface area contributed by atoms with Gasteiger partial charge in [-0.05, 0) is 55.2 Å². The van der Waals surface area contributed by atoms with Crippen LogP contribution in [-0.4, -0.2) is 31.9 Å². The highest BCUT2D eigenvalue weighted by atomic mass is 35.5. The van der Waals surface area contributed by atoms with Crippen molar-refractivity contribution in [1.29, 1.82) is 0 Å². The molecule has 1 amide bonds. The summed E-state index contributed by atoms with van der Waals surface area (Å²) in [5.41, 5.74) is 2.39. The van der Waals surface area contributed by atoms with Crippen molar-refractivity contribution in [3.05, 3.63) is 59.0 Å². The Morgan fingerprint density at radius 3 is 2.64 bits per heavy atom. The van der Waals surface area contributed by atoms with Gasteiger partial charge in [-0.3, -0.25) is 4.79 Å². The first-order chi connectivity index (χ1) is 13.5. The molecule has 0 fully saturated rings. The van der Waals surface area contributed by atoms with Gasteiger partial charge < -0.3 is 9.47 Å². The SMILES string of the molecule is CCCn1c(CN(CCC(C)C)C(=O)c2ccc(Cl)cc2)nc2cccnc21. The van der Waals surface area contributed by atoms with Gasteiger partial charge in [-0.15, -0.1) is 0 Å². The van der Waals surface area contributed by atoms with Crippen LogP contribution in [0.4, 0.5) is 0 Å². The van der Waals surface area contributed by atoms with Crippen LogP contribution < -0.4 is 0 Å². The molecule has 0 aliphatic heterocycles. The third-order valence-corrected chi connectivity index (χ3v) is 4.97. The van der Waals surface area contributed by atoms with Gasteiger partial charge in [-0.25, -0.2) is 9.97 Å². The Hall–Kier alpha value is -2.40. The number of hydrogen-bond acceptors (Lipinski definition) is 3. The number of halogens is 1. The highest BCUT2D eigenvalue weighted by Gasteiger charge is 2.20. The molecule has 0 spiro atoms. The molecule has 0 unspecified atom stereocenters. The number of nitrogens with zero attached hydrogens (tertiary/aromatic N) is 4. The van der Waals surface area contributed by atoms with Crippen molar-refractivity contribution < 1.29 is 4.79 Å². The molecule has 0 saturated heterocycles. The fourth-order valence-corrected chi connectivity index (χ4v) is 3.32. The van der Waals surface area contributed by atoms with Crippen molar-refractivity contribution in [2.45, 2.75) is 46.7 Å². The lowest BCUT2D eigenvalue weighted by Crippen LogP contribution is -2.33. The Kier molecular flexibility index (Phi) is 6.68. The summed E-state index contributed by atoms with van der Waals surface area (Å²) >= 11 is 5.98. The quantitative estimate of drug-likeness (QED) is 0.525. The summed E-state index contributed by atoms with van der Waals surface area (Å²) in [4.78, 5) is 24.3. The van der Waals surface area contributed by atoms with Crippen LogP contribution in [0, 0.1) is 5.92 Å². The first-order valence-corrected chi connectivity index (χ1v) is 10.2. The molecule has 0 atom stereocenters. The number of imidazole rings is 1. The van der Waals surface area contributed by atoms with Crippen molar-refractivity contribution >= 4 is 28.7 Å². The molecule has 2 heterocycles. The minimum atomic E-state index is 0.000352. The molecule has 3 rings (SSSR count). The number of pyridine rings is 1. The highest BCUT2D eigenvalue weighted by molar-refractivity contribution is 6.30. The van der Waals surface area contributed by atoms with E-state index < -0.39 is 0 Å². The maximum absolute atomic E-state index is 13.2. The van der Waals surface area contributed by atoms with E-state index in [1.165, 1.54) is 0 Å². The van der Waals surface area contributed by atoms with E-state index in [2.05, 4.69) is 30.3 Å². The smallest absolute Gasteiger partial charge is 0.254 e. The van der Waals surface area contributed by atoms with E-state index in [1.54, 1.807) is 30.5 Å². The van der Waals surface area contributed by atoms with Crippen molar-refractivity contribution in [2.75, 3.05) is 6.54 Å². The van der Waals surface area contributed by atoms with E-state index in [-0.39, 0.29) is 5.91 Å². The van der Waals surface area contributed by atoms with Crippen LogP contribution >= 0.6 is 11.6 Å². The van der Waals surface area contributed by atoms with Gasteiger partial charge in [0, 0.05) is 29.9 Å². The zero-order valence-corrected chi connectivity index (χ0v) is 17.5. The Labute approximate surface area is 171 Å². The molecule has 148 valence electrons. The summed E-state index contributed by atoms with van der Waals surface area (Å²) in [5, 5.41) is 0.626. The first kappa shape index (κ1) is 20.3. The molecule has 0 aliphatic carbocycles. The molecule has 0 bridgehead atoms. The summed E-state index contributed by atoms with van der Waals surface area (Å²) in [6.45, 7) is 8.44. The molecule has 3 aromatic rings. The number of fused-ring (bicyclic) bond motifs is 1. The zero-order valence-electron chi connectivity index (χ0n) is 16.7. The summed E-state index contributed by atoms with van der Waals surface area (Å²) in [7, 11) is 0. The molecule has 0 saturated carbocycles. The van der Waals surface area contributed by atoms with Crippen LogP contribution in [0.25, 0.3) is 11.2 Å². The van der Waals surface area contributed by atoms with Crippen LogP contribution in [0.5, 0.6) is 0 Å². The van der Waals surface area contributed by atoms with Crippen molar-refractivity contribution in [2.24, 2.45) is 5.92 Å². The molecule has 0 aliphatic rings. The van der Waals surface area contributed by atoms with Gasteiger partial charge in [0.2, 0.25) is 0 Å². The molecule has 5 nitrogen and oxygen atoms in total. The van der Waals surface area contributed by atoms with Crippen LogP contribution in [0.2, 0.25) is 5.02 Å². The van der Waals surface area contributed by atoms with Crippen molar-refractivity contribution in [3.8, 4) is 0 Å². The Morgan fingerprint density at radius 2 is 1.96 bits per heavy atom. The van der Waals surface area contributed by atoms with E-state index >= 15 is 0 Å². The zero-order chi connectivity index (χ0) is 20.1. The van der Waals surface area contributed by atoms with Crippen LogP contribution in [-0.2, 0) is 13.1 Å². The molecular formula is C22H27ClN4O. The van der Waals surface area contributed by atoms with E-state index in [9.17, 15) is 4.79 Å². The third kappa shape index (κ3) is 4.71. The molecule has 0 radical (unpaired) electrons.